The molecule has 0 saturated carbocycles. The fraction of sp³-hybridized carbons (Fsp3) is 0.474. The van der Waals surface area contributed by atoms with Crippen molar-refractivity contribution in [1.82, 2.24) is 9.55 Å². The second-order valence-corrected chi connectivity index (χ2v) is 6.51. The summed E-state index contributed by atoms with van der Waals surface area (Å²) in [6.45, 7) is 5.28. The Morgan fingerprint density at radius 2 is 2.00 bits per heavy atom. The first-order valence-electron chi connectivity index (χ1n) is 9.45. The average Bonchev–Trinajstić information content (AvgIpc) is 3.11. The number of furan rings is 1. The van der Waals surface area contributed by atoms with Crippen LogP contribution in [0.5, 0.6) is 0 Å². The van der Waals surface area contributed by atoms with Crippen molar-refractivity contribution in [2.75, 3.05) is 23.8 Å². The Hall–Kier alpha value is -3.30. The van der Waals surface area contributed by atoms with Crippen molar-refractivity contribution in [2.24, 2.45) is 0 Å². The Morgan fingerprint density at radius 3 is 2.59 bits per heavy atom. The first-order valence-corrected chi connectivity index (χ1v) is 9.45. The zero-order valence-corrected chi connectivity index (χ0v) is 16.8. The number of hydrogen-bond acceptors (Lipinski definition) is 7. The van der Waals surface area contributed by atoms with Crippen molar-refractivity contribution in [1.29, 1.82) is 0 Å². The van der Waals surface area contributed by atoms with Crippen LogP contribution >= 0.6 is 0 Å². The average molecular weight is 406 g/mol. The molecule has 0 unspecified atom stereocenters. The topological polar surface area (TPSA) is 141 Å². The quantitative estimate of drug-likeness (QED) is 0.600. The van der Waals surface area contributed by atoms with E-state index in [4.69, 9.17) is 14.9 Å². The number of hydrogen-bond donors (Lipinski definition) is 2. The standard InChI is InChI=1S/C19H26N4O6/c1-4-6-9-22(14(24)11-29-18(26)13-7-10-28-12(13)3)15-16(20)23(8-5-2)19(27)21-17(15)25/h7,10H,4-6,8-9,11,20H2,1-3H3,(H,21,25,27). The van der Waals surface area contributed by atoms with Crippen LogP contribution in [0, 0.1) is 6.92 Å². The van der Waals surface area contributed by atoms with E-state index in [1.165, 1.54) is 21.8 Å². The van der Waals surface area contributed by atoms with Crippen LogP contribution in [0.4, 0.5) is 11.5 Å². The molecule has 29 heavy (non-hydrogen) atoms. The maximum absolute atomic E-state index is 12.8. The third kappa shape index (κ3) is 4.95. The Bertz CT molecular complexity index is 987. The number of nitrogens with two attached hydrogens (primary N) is 1. The molecule has 0 spiro atoms. The molecule has 1 amide bonds. The molecule has 0 fully saturated rings. The molecule has 0 aliphatic heterocycles. The van der Waals surface area contributed by atoms with Gasteiger partial charge in [-0.25, -0.2) is 9.59 Å². The highest BCUT2D eigenvalue weighted by Gasteiger charge is 2.25. The minimum Gasteiger partial charge on any atom is -0.469 e. The van der Waals surface area contributed by atoms with Crippen molar-refractivity contribution in [2.45, 2.75) is 46.6 Å². The molecule has 2 aromatic rings. The van der Waals surface area contributed by atoms with E-state index in [1.54, 1.807) is 6.92 Å². The van der Waals surface area contributed by atoms with Gasteiger partial charge in [0.15, 0.2) is 12.3 Å². The van der Waals surface area contributed by atoms with Crippen LogP contribution in [-0.2, 0) is 16.1 Å². The molecule has 2 heterocycles. The van der Waals surface area contributed by atoms with Crippen molar-refractivity contribution in [3.05, 3.63) is 44.5 Å². The van der Waals surface area contributed by atoms with Crippen molar-refractivity contribution >= 4 is 23.4 Å². The van der Waals surface area contributed by atoms with Crippen LogP contribution in [-0.4, -0.2) is 34.6 Å². The number of nitrogen functional groups attached to an aromatic ring is 1. The fourth-order valence-corrected chi connectivity index (χ4v) is 2.84. The van der Waals surface area contributed by atoms with Gasteiger partial charge >= 0.3 is 11.7 Å². The minimum absolute atomic E-state index is 0.0953. The van der Waals surface area contributed by atoms with Crippen molar-refractivity contribution < 1.29 is 18.7 Å². The molecule has 0 bridgehead atoms. The number of anilines is 2. The van der Waals surface area contributed by atoms with E-state index in [9.17, 15) is 19.2 Å². The highest BCUT2D eigenvalue weighted by Crippen LogP contribution is 2.18. The lowest BCUT2D eigenvalue weighted by molar-refractivity contribution is -0.121. The molecular weight excluding hydrogens is 380 g/mol. The van der Waals surface area contributed by atoms with Gasteiger partial charge in [-0.05, 0) is 25.8 Å². The third-order valence-electron chi connectivity index (χ3n) is 4.37. The summed E-state index contributed by atoms with van der Waals surface area (Å²) in [5.41, 5.74) is 4.76. The zero-order chi connectivity index (χ0) is 21.6. The first-order chi connectivity index (χ1) is 13.8. The lowest BCUT2D eigenvalue weighted by Gasteiger charge is -2.24. The number of H-pyrrole nitrogens is 1. The summed E-state index contributed by atoms with van der Waals surface area (Å²) < 4.78 is 11.3. The summed E-state index contributed by atoms with van der Waals surface area (Å²) >= 11 is 0. The zero-order valence-electron chi connectivity index (χ0n) is 16.8. The summed E-state index contributed by atoms with van der Waals surface area (Å²) in [5.74, 6) is -1.05. The molecule has 2 rings (SSSR count). The van der Waals surface area contributed by atoms with E-state index >= 15 is 0 Å². The Morgan fingerprint density at radius 1 is 1.28 bits per heavy atom. The third-order valence-corrected chi connectivity index (χ3v) is 4.37. The summed E-state index contributed by atoms with van der Waals surface area (Å²) in [5, 5.41) is 0. The number of nitrogens with zero attached hydrogens (tertiary/aromatic N) is 2. The second-order valence-electron chi connectivity index (χ2n) is 6.51. The minimum atomic E-state index is -0.763. The summed E-state index contributed by atoms with van der Waals surface area (Å²) in [6, 6.07) is 1.44. The van der Waals surface area contributed by atoms with Crippen molar-refractivity contribution in [3.8, 4) is 0 Å². The van der Waals surface area contributed by atoms with Gasteiger partial charge in [0.05, 0.1) is 6.26 Å². The number of nitrogens with one attached hydrogen (secondary N) is 1. The van der Waals surface area contributed by atoms with Crippen LogP contribution in [0.1, 0.15) is 49.2 Å². The molecule has 3 N–H and O–H groups in total. The highest BCUT2D eigenvalue weighted by molar-refractivity contribution is 5.98. The predicted molar refractivity (Wildman–Crippen MR) is 107 cm³/mol. The number of aryl methyl sites for hydroxylation is 1. The number of esters is 1. The Balaban J connectivity index is 2.31. The number of carbonyl (C=O) groups is 2. The molecule has 0 radical (unpaired) electrons. The smallest absolute Gasteiger partial charge is 0.342 e. The Labute approximate surface area is 167 Å². The van der Waals surface area contributed by atoms with Crippen LogP contribution in [0.3, 0.4) is 0 Å². The lowest BCUT2D eigenvalue weighted by atomic mass is 10.2. The maximum atomic E-state index is 12.8. The summed E-state index contributed by atoms with van der Waals surface area (Å²) in [6.07, 6.45) is 3.30. The van der Waals surface area contributed by atoms with Gasteiger partial charge in [-0.15, -0.1) is 0 Å². The van der Waals surface area contributed by atoms with Crippen LogP contribution in [0.2, 0.25) is 0 Å². The number of carbonyl (C=O) groups excluding carboxylic acids is 2. The van der Waals surface area contributed by atoms with Gasteiger partial charge in [-0.2, -0.15) is 0 Å². The van der Waals surface area contributed by atoms with E-state index in [0.717, 1.165) is 6.42 Å². The highest BCUT2D eigenvalue weighted by atomic mass is 16.5. The van der Waals surface area contributed by atoms with E-state index < -0.39 is 29.7 Å². The van der Waals surface area contributed by atoms with Crippen molar-refractivity contribution in [3.63, 3.8) is 0 Å². The fourth-order valence-electron chi connectivity index (χ4n) is 2.84. The monoisotopic (exact) mass is 406 g/mol. The van der Waals surface area contributed by atoms with Gasteiger partial charge in [0.2, 0.25) is 0 Å². The van der Waals surface area contributed by atoms with Crippen LogP contribution in [0.25, 0.3) is 0 Å². The second kappa shape index (κ2) is 9.76. The van der Waals surface area contributed by atoms with E-state index in [0.29, 0.717) is 25.1 Å². The molecule has 0 saturated heterocycles. The molecule has 10 heteroatoms. The van der Waals surface area contributed by atoms with Gasteiger partial charge < -0.3 is 19.8 Å². The summed E-state index contributed by atoms with van der Waals surface area (Å²) in [4.78, 5) is 52.8. The molecule has 0 aromatic carbocycles. The lowest BCUT2D eigenvalue weighted by Crippen LogP contribution is -2.43. The van der Waals surface area contributed by atoms with Crippen LogP contribution in [0.15, 0.2) is 26.3 Å². The molecule has 0 aliphatic carbocycles. The number of aromatic nitrogens is 2. The van der Waals surface area contributed by atoms with Gasteiger partial charge in [0, 0.05) is 13.1 Å². The number of aromatic amines is 1. The Kier molecular flexibility index (Phi) is 7.40. The molecule has 0 atom stereocenters. The number of rotatable bonds is 9. The number of ether oxygens (including phenoxy) is 1. The molecule has 158 valence electrons. The maximum Gasteiger partial charge on any atom is 0.342 e. The normalized spacial score (nSPS) is 10.7. The summed E-state index contributed by atoms with van der Waals surface area (Å²) in [7, 11) is 0. The number of amides is 1. The molecule has 10 nitrogen and oxygen atoms in total. The first kappa shape index (κ1) is 22.0. The molecular formula is C19H26N4O6. The van der Waals surface area contributed by atoms with Gasteiger partial charge in [-0.3, -0.25) is 19.1 Å². The van der Waals surface area contributed by atoms with Gasteiger partial charge in [-0.1, -0.05) is 20.3 Å². The van der Waals surface area contributed by atoms with Gasteiger partial charge in [0.1, 0.15) is 17.1 Å². The van der Waals surface area contributed by atoms with E-state index in [2.05, 4.69) is 4.98 Å². The predicted octanol–water partition coefficient (Wildman–Crippen LogP) is 1.42. The molecule has 0 aliphatic rings. The van der Waals surface area contributed by atoms with Crippen LogP contribution < -0.4 is 21.9 Å². The van der Waals surface area contributed by atoms with E-state index in [1.807, 2.05) is 13.8 Å². The largest absolute Gasteiger partial charge is 0.469 e. The molecule has 2 aromatic heterocycles. The van der Waals surface area contributed by atoms with E-state index in [-0.39, 0.29) is 23.6 Å². The SMILES string of the molecule is CCCCN(C(=O)COC(=O)c1ccoc1C)c1c(N)n(CCC)c(=O)[nH]c1=O. The number of unbranched alkanes of at least 4 members (excludes halogenated alkanes) is 1. The van der Waals surface area contributed by atoms with Gasteiger partial charge in [0.25, 0.3) is 11.5 Å².